The summed E-state index contributed by atoms with van der Waals surface area (Å²) in [6, 6.07) is 2.52. The zero-order chi connectivity index (χ0) is 13.9. The number of anilines is 1. The first-order chi connectivity index (χ1) is 8.31. The van der Waals surface area contributed by atoms with Gasteiger partial charge in [0, 0.05) is 6.92 Å². The number of carboxylic acids is 1. The first-order valence-electron chi connectivity index (χ1n) is 4.62. The van der Waals surface area contributed by atoms with Crippen molar-refractivity contribution in [2.45, 2.75) is 6.92 Å². The lowest BCUT2D eigenvalue weighted by Crippen LogP contribution is -2.32. The maximum Gasteiger partial charge on any atom is 0.337 e. The van der Waals surface area contributed by atoms with Crippen molar-refractivity contribution in [1.82, 2.24) is 5.32 Å². The lowest BCUT2D eigenvalue weighted by molar-refractivity contribution is -0.117. The fourth-order valence-corrected chi connectivity index (χ4v) is 1.89. The highest BCUT2D eigenvalue weighted by Gasteiger charge is 2.13. The van der Waals surface area contributed by atoms with E-state index >= 15 is 0 Å². The molecule has 1 rings (SSSR count). The summed E-state index contributed by atoms with van der Waals surface area (Å²) in [7, 11) is 0. The molecule has 5 nitrogen and oxygen atoms in total. The normalized spacial score (nSPS) is 9.72. The van der Waals surface area contributed by atoms with E-state index in [4.69, 9.17) is 40.5 Å². The van der Waals surface area contributed by atoms with Crippen molar-refractivity contribution in [2.24, 2.45) is 0 Å². The minimum absolute atomic E-state index is 0.0167. The number of nitrogens with one attached hydrogen (secondary N) is 2. The van der Waals surface area contributed by atoms with Crippen molar-refractivity contribution in [3.05, 3.63) is 27.7 Å². The van der Waals surface area contributed by atoms with E-state index in [9.17, 15) is 9.59 Å². The Morgan fingerprint density at radius 3 is 2.39 bits per heavy atom. The predicted molar refractivity (Wildman–Crippen MR) is 73.5 cm³/mol. The van der Waals surface area contributed by atoms with Crippen LogP contribution in [0.2, 0.25) is 10.0 Å². The third-order valence-corrected chi connectivity index (χ3v) is 2.65. The minimum atomic E-state index is -1.19. The van der Waals surface area contributed by atoms with E-state index in [1.54, 1.807) is 0 Å². The van der Waals surface area contributed by atoms with Crippen LogP contribution >= 0.6 is 35.4 Å². The predicted octanol–water partition coefficient (Wildman–Crippen LogP) is 2.52. The number of carbonyl (C=O) groups excluding carboxylic acids is 1. The number of aromatic carboxylic acids is 1. The molecule has 18 heavy (non-hydrogen) atoms. The van der Waals surface area contributed by atoms with E-state index in [0.717, 1.165) is 0 Å². The topological polar surface area (TPSA) is 78.4 Å². The Balaban J connectivity index is 3.02. The number of benzene rings is 1. The molecule has 1 aromatic rings. The van der Waals surface area contributed by atoms with Gasteiger partial charge in [-0.1, -0.05) is 23.2 Å². The van der Waals surface area contributed by atoms with Crippen LogP contribution < -0.4 is 10.6 Å². The second kappa shape index (κ2) is 5.99. The van der Waals surface area contributed by atoms with Crippen LogP contribution in [0.4, 0.5) is 5.69 Å². The number of amides is 1. The Labute approximate surface area is 118 Å². The van der Waals surface area contributed by atoms with Gasteiger partial charge in [0.15, 0.2) is 5.11 Å². The average Bonchev–Trinajstić information content (AvgIpc) is 2.20. The van der Waals surface area contributed by atoms with E-state index in [1.165, 1.54) is 19.1 Å². The van der Waals surface area contributed by atoms with Crippen LogP contribution in [0, 0.1) is 0 Å². The van der Waals surface area contributed by atoms with Gasteiger partial charge in [-0.15, -0.1) is 0 Å². The fraction of sp³-hybridized carbons (Fsp3) is 0.100. The Kier molecular flexibility index (Phi) is 4.89. The maximum atomic E-state index is 10.9. The largest absolute Gasteiger partial charge is 0.478 e. The smallest absolute Gasteiger partial charge is 0.337 e. The molecule has 1 amide bonds. The standard InChI is InChI=1S/C10H8Cl2N2O3S/c1-4(15)13-10(18)14-8-2-5(9(16)17)6(11)3-7(8)12/h2-3H,1H3,(H,16,17)(H2,13,14,15,18). The van der Waals surface area contributed by atoms with Crippen LogP contribution in [0.5, 0.6) is 0 Å². The highest BCUT2D eigenvalue weighted by molar-refractivity contribution is 7.80. The molecule has 0 bridgehead atoms. The number of rotatable bonds is 2. The fourth-order valence-electron chi connectivity index (χ4n) is 1.12. The van der Waals surface area contributed by atoms with Gasteiger partial charge in [0.1, 0.15) is 0 Å². The van der Waals surface area contributed by atoms with E-state index in [1.807, 2.05) is 0 Å². The summed E-state index contributed by atoms with van der Waals surface area (Å²) in [6.45, 7) is 1.29. The Morgan fingerprint density at radius 2 is 1.89 bits per heavy atom. The van der Waals surface area contributed by atoms with E-state index < -0.39 is 5.97 Å². The van der Waals surface area contributed by atoms with Crippen molar-refractivity contribution in [3.8, 4) is 0 Å². The number of thiocarbonyl (C=S) groups is 1. The molecule has 1 aromatic carbocycles. The summed E-state index contributed by atoms with van der Waals surface area (Å²) < 4.78 is 0. The zero-order valence-electron chi connectivity index (χ0n) is 9.08. The maximum absolute atomic E-state index is 10.9. The summed E-state index contributed by atoms with van der Waals surface area (Å²) >= 11 is 16.4. The lowest BCUT2D eigenvalue weighted by Gasteiger charge is -2.11. The van der Waals surface area contributed by atoms with Crippen LogP contribution in [0.3, 0.4) is 0 Å². The van der Waals surface area contributed by atoms with Crippen LogP contribution in [0.25, 0.3) is 0 Å². The lowest BCUT2D eigenvalue weighted by atomic mass is 10.2. The monoisotopic (exact) mass is 306 g/mol. The molecule has 0 spiro atoms. The molecule has 0 aliphatic carbocycles. The van der Waals surface area contributed by atoms with Gasteiger partial charge in [0.05, 0.1) is 21.3 Å². The first-order valence-corrected chi connectivity index (χ1v) is 5.78. The summed E-state index contributed by atoms with van der Waals surface area (Å²) in [5, 5.41) is 14.1. The number of halogens is 2. The molecular weight excluding hydrogens is 299 g/mol. The van der Waals surface area contributed by atoms with Crippen molar-refractivity contribution < 1.29 is 14.7 Å². The van der Waals surface area contributed by atoms with Crippen LogP contribution in [0.15, 0.2) is 12.1 Å². The molecule has 0 radical (unpaired) electrons. The Bertz CT molecular complexity index is 534. The minimum Gasteiger partial charge on any atom is -0.478 e. The average molecular weight is 307 g/mol. The van der Waals surface area contributed by atoms with Crippen LogP contribution in [0.1, 0.15) is 17.3 Å². The first kappa shape index (κ1) is 14.7. The molecular formula is C10H8Cl2N2O3S. The third-order valence-electron chi connectivity index (χ3n) is 1.82. The number of hydrogen-bond acceptors (Lipinski definition) is 3. The highest BCUT2D eigenvalue weighted by Crippen LogP contribution is 2.29. The molecule has 0 unspecified atom stereocenters. The van der Waals surface area contributed by atoms with Crippen LogP contribution in [-0.4, -0.2) is 22.1 Å². The summed E-state index contributed by atoms with van der Waals surface area (Å²) in [6.07, 6.45) is 0. The van der Waals surface area contributed by atoms with Crippen molar-refractivity contribution in [1.29, 1.82) is 0 Å². The molecule has 0 atom stereocenters. The molecule has 0 aliphatic heterocycles. The van der Waals surface area contributed by atoms with Gasteiger partial charge in [-0.3, -0.25) is 4.79 Å². The van der Waals surface area contributed by atoms with Crippen molar-refractivity contribution in [2.75, 3.05) is 5.32 Å². The molecule has 96 valence electrons. The van der Waals surface area contributed by atoms with Gasteiger partial charge >= 0.3 is 5.97 Å². The van der Waals surface area contributed by atoms with Gasteiger partial charge in [-0.05, 0) is 24.4 Å². The molecule has 0 saturated carbocycles. The SMILES string of the molecule is CC(=O)NC(=S)Nc1cc(C(=O)O)c(Cl)cc1Cl. The summed E-state index contributed by atoms with van der Waals surface area (Å²) in [5.41, 5.74) is 0.131. The second-order valence-corrected chi connectivity index (χ2v) is 4.48. The number of hydrogen-bond donors (Lipinski definition) is 3. The number of carbonyl (C=O) groups is 2. The van der Waals surface area contributed by atoms with E-state index in [-0.39, 0.29) is 32.3 Å². The van der Waals surface area contributed by atoms with Crippen LogP contribution in [-0.2, 0) is 4.79 Å². The Morgan fingerprint density at radius 1 is 1.28 bits per heavy atom. The van der Waals surface area contributed by atoms with Gasteiger partial charge < -0.3 is 15.7 Å². The molecule has 0 heterocycles. The molecule has 0 fully saturated rings. The third kappa shape index (κ3) is 3.83. The second-order valence-electron chi connectivity index (χ2n) is 3.25. The molecule has 0 saturated heterocycles. The molecule has 0 aromatic heterocycles. The molecule has 3 N–H and O–H groups in total. The van der Waals surface area contributed by atoms with Gasteiger partial charge in [-0.25, -0.2) is 4.79 Å². The van der Waals surface area contributed by atoms with Gasteiger partial charge in [0.2, 0.25) is 5.91 Å². The van der Waals surface area contributed by atoms with E-state index in [2.05, 4.69) is 10.6 Å². The van der Waals surface area contributed by atoms with Gasteiger partial charge in [-0.2, -0.15) is 0 Å². The summed E-state index contributed by atoms with van der Waals surface area (Å²) in [4.78, 5) is 21.7. The quantitative estimate of drug-likeness (QED) is 0.732. The van der Waals surface area contributed by atoms with Crippen molar-refractivity contribution in [3.63, 3.8) is 0 Å². The van der Waals surface area contributed by atoms with Gasteiger partial charge in [0.25, 0.3) is 0 Å². The van der Waals surface area contributed by atoms with E-state index in [0.29, 0.717) is 0 Å². The number of carboxylic acid groups (broad SMARTS) is 1. The Hall–Kier alpha value is -1.37. The summed E-state index contributed by atoms with van der Waals surface area (Å²) in [5.74, 6) is -1.54. The zero-order valence-corrected chi connectivity index (χ0v) is 11.4. The molecule has 8 heteroatoms. The highest BCUT2D eigenvalue weighted by atomic mass is 35.5. The molecule has 0 aliphatic rings. The van der Waals surface area contributed by atoms with Crippen molar-refractivity contribution >= 4 is 58.1 Å².